The Labute approximate surface area is 116 Å². The summed E-state index contributed by atoms with van der Waals surface area (Å²) in [6, 6.07) is 2.83. The summed E-state index contributed by atoms with van der Waals surface area (Å²) < 4.78 is 0. The van der Waals surface area contributed by atoms with Crippen LogP contribution in [0.1, 0.15) is 26.2 Å². The highest BCUT2D eigenvalue weighted by atomic mass is 32.2. The molecule has 0 radical (unpaired) electrons. The van der Waals surface area contributed by atoms with Crippen molar-refractivity contribution in [1.82, 2.24) is 10.3 Å². The average molecular weight is 282 g/mol. The molecule has 1 aromatic rings. The molecule has 0 saturated heterocycles. The van der Waals surface area contributed by atoms with Crippen molar-refractivity contribution in [3.05, 3.63) is 24.5 Å². The van der Waals surface area contributed by atoms with Gasteiger partial charge in [0.2, 0.25) is 5.91 Å². The number of hydrogen-bond donors (Lipinski definition) is 2. The Bertz CT molecular complexity index is 412. The first-order valence-electron chi connectivity index (χ1n) is 6.18. The summed E-state index contributed by atoms with van der Waals surface area (Å²) in [6.07, 6.45) is 5.47. The van der Waals surface area contributed by atoms with Crippen molar-refractivity contribution >= 4 is 23.6 Å². The van der Waals surface area contributed by atoms with Crippen LogP contribution in [0.25, 0.3) is 0 Å². The van der Waals surface area contributed by atoms with Crippen LogP contribution in [-0.4, -0.2) is 33.8 Å². The predicted molar refractivity (Wildman–Crippen MR) is 74.1 cm³/mol. The van der Waals surface area contributed by atoms with Gasteiger partial charge in [-0.15, -0.1) is 11.8 Å². The molecule has 1 aromatic heterocycles. The number of aromatic nitrogens is 1. The third kappa shape index (κ3) is 6.24. The smallest absolute Gasteiger partial charge is 0.326 e. The van der Waals surface area contributed by atoms with E-state index in [1.807, 2.05) is 19.1 Å². The minimum atomic E-state index is -0.976. The fourth-order valence-electron chi connectivity index (χ4n) is 1.48. The molecule has 0 bridgehead atoms. The van der Waals surface area contributed by atoms with Gasteiger partial charge in [0.1, 0.15) is 6.04 Å². The van der Waals surface area contributed by atoms with Gasteiger partial charge in [-0.25, -0.2) is 4.79 Å². The van der Waals surface area contributed by atoms with Crippen molar-refractivity contribution < 1.29 is 14.7 Å². The number of carbonyl (C=O) groups excluding carboxylic acids is 1. The van der Waals surface area contributed by atoms with Crippen LogP contribution in [0.2, 0.25) is 0 Å². The van der Waals surface area contributed by atoms with Crippen LogP contribution in [0.5, 0.6) is 0 Å². The Morgan fingerprint density at radius 2 is 2.11 bits per heavy atom. The van der Waals surface area contributed by atoms with Gasteiger partial charge in [-0.05, 0) is 18.6 Å². The molecular formula is C13H18N2O3S. The van der Waals surface area contributed by atoms with E-state index in [9.17, 15) is 9.59 Å². The zero-order valence-corrected chi connectivity index (χ0v) is 11.7. The molecule has 0 unspecified atom stereocenters. The van der Waals surface area contributed by atoms with E-state index in [4.69, 9.17) is 5.11 Å². The lowest BCUT2D eigenvalue weighted by atomic mass is 10.1. The molecule has 1 atom stereocenters. The molecule has 19 heavy (non-hydrogen) atoms. The Kier molecular flexibility index (Phi) is 6.95. The number of aliphatic carboxylic acids is 1. The maximum Gasteiger partial charge on any atom is 0.326 e. The molecule has 0 aromatic carbocycles. The summed E-state index contributed by atoms with van der Waals surface area (Å²) in [6.45, 7) is 1.99. The van der Waals surface area contributed by atoms with Crippen LogP contribution in [-0.2, 0) is 9.59 Å². The fourth-order valence-corrected chi connectivity index (χ4v) is 2.18. The highest BCUT2D eigenvalue weighted by molar-refractivity contribution is 8.00. The second kappa shape index (κ2) is 8.53. The minimum absolute atomic E-state index is 0.208. The number of nitrogens with zero attached hydrogens (tertiary/aromatic N) is 1. The minimum Gasteiger partial charge on any atom is -0.480 e. The normalized spacial score (nSPS) is 11.8. The molecule has 0 aliphatic rings. The number of amides is 1. The lowest BCUT2D eigenvalue weighted by Crippen LogP contribution is -2.41. The number of thioether (sulfide) groups is 1. The first kappa shape index (κ1) is 15.5. The SMILES string of the molecule is CCCC[C@H](NC(=O)CSc1ccncc1)C(=O)O. The van der Waals surface area contributed by atoms with E-state index in [0.29, 0.717) is 6.42 Å². The molecule has 1 amide bonds. The number of carboxylic acid groups (broad SMARTS) is 1. The van der Waals surface area contributed by atoms with Crippen LogP contribution in [0.4, 0.5) is 0 Å². The lowest BCUT2D eigenvalue weighted by Gasteiger charge is -2.13. The van der Waals surface area contributed by atoms with E-state index < -0.39 is 12.0 Å². The highest BCUT2D eigenvalue weighted by Gasteiger charge is 2.18. The zero-order valence-electron chi connectivity index (χ0n) is 10.8. The van der Waals surface area contributed by atoms with Crippen LogP contribution < -0.4 is 5.32 Å². The van der Waals surface area contributed by atoms with Crippen molar-refractivity contribution in [3.63, 3.8) is 0 Å². The molecule has 0 fully saturated rings. The second-order valence-corrected chi connectivity index (χ2v) is 5.12. The van der Waals surface area contributed by atoms with Crippen LogP contribution in [0.3, 0.4) is 0 Å². The summed E-state index contributed by atoms with van der Waals surface area (Å²) in [5.41, 5.74) is 0. The van der Waals surface area contributed by atoms with Crippen LogP contribution in [0.15, 0.2) is 29.4 Å². The van der Waals surface area contributed by atoms with E-state index in [1.165, 1.54) is 11.8 Å². The van der Waals surface area contributed by atoms with Crippen LogP contribution in [0, 0.1) is 0 Å². The van der Waals surface area contributed by atoms with Gasteiger partial charge < -0.3 is 10.4 Å². The van der Waals surface area contributed by atoms with Crippen molar-refractivity contribution in [2.45, 2.75) is 37.1 Å². The number of carboxylic acids is 1. The molecular weight excluding hydrogens is 264 g/mol. The van der Waals surface area contributed by atoms with Crippen molar-refractivity contribution in [2.24, 2.45) is 0 Å². The molecule has 1 rings (SSSR count). The maximum atomic E-state index is 11.7. The summed E-state index contributed by atoms with van der Waals surface area (Å²) in [5.74, 6) is -1.03. The molecule has 104 valence electrons. The van der Waals surface area contributed by atoms with Gasteiger partial charge in [-0.2, -0.15) is 0 Å². The topological polar surface area (TPSA) is 79.3 Å². The summed E-state index contributed by atoms with van der Waals surface area (Å²) in [4.78, 5) is 27.5. The first-order valence-corrected chi connectivity index (χ1v) is 7.17. The number of rotatable bonds is 8. The monoisotopic (exact) mass is 282 g/mol. The van der Waals surface area contributed by atoms with Gasteiger partial charge in [0.25, 0.3) is 0 Å². The van der Waals surface area contributed by atoms with Gasteiger partial charge in [-0.1, -0.05) is 19.8 Å². The fraction of sp³-hybridized carbons (Fsp3) is 0.462. The molecule has 0 aliphatic carbocycles. The third-order valence-corrected chi connectivity index (χ3v) is 3.51. The third-order valence-electron chi connectivity index (χ3n) is 2.50. The van der Waals surface area contributed by atoms with Gasteiger partial charge in [0, 0.05) is 17.3 Å². The van der Waals surface area contributed by atoms with E-state index in [0.717, 1.165) is 17.7 Å². The molecule has 2 N–H and O–H groups in total. The Hall–Kier alpha value is -1.56. The Morgan fingerprint density at radius 3 is 2.68 bits per heavy atom. The number of unbranched alkanes of at least 4 members (excludes halogenated alkanes) is 1. The van der Waals surface area contributed by atoms with E-state index >= 15 is 0 Å². The molecule has 1 heterocycles. The summed E-state index contributed by atoms with van der Waals surface area (Å²) in [5, 5.41) is 11.6. The molecule has 0 aliphatic heterocycles. The lowest BCUT2D eigenvalue weighted by molar-refractivity contribution is -0.141. The summed E-state index contributed by atoms with van der Waals surface area (Å²) in [7, 11) is 0. The van der Waals surface area contributed by atoms with E-state index in [2.05, 4.69) is 10.3 Å². The van der Waals surface area contributed by atoms with Crippen molar-refractivity contribution in [3.8, 4) is 0 Å². The van der Waals surface area contributed by atoms with E-state index in [1.54, 1.807) is 12.4 Å². The van der Waals surface area contributed by atoms with Gasteiger partial charge in [0.15, 0.2) is 0 Å². The number of hydrogen-bond acceptors (Lipinski definition) is 4. The number of carbonyl (C=O) groups is 2. The maximum absolute atomic E-state index is 11.7. The van der Waals surface area contributed by atoms with E-state index in [-0.39, 0.29) is 11.7 Å². The number of pyridine rings is 1. The first-order chi connectivity index (χ1) is 9.13. The summed E-state index contributed by atoms with van der Waals surface area (Å²) >= 11 is 1.36. The van der Waals surface area contributed by atoms with Gasteiger partial charge in [0.05, 0.1) is 5.75 Å². The van der Waals surface area contributed by atoms with Crippen molar-refractivity contribution in [2.75, 3.05) is 5.75 Å². The molecule has 0 spiro atoms. The second-order valence-electron chi connectivity index (χ2n) is 4.07. The Morgan fingerprint density at radius 1 is 1.42 bits per heavy atom. The van der Waals surface area contributed by atoms with Gasteiger partial charge >= 0.3 is 5.97 Å². The average Bonchev–Trinajstić information content (AvgIpc) is 2.42. The standard InChI is InChI=1S/C13H18N2O3S/c1-2-3-4-11(13(17)18)15-12(16)9-19-10-5-7-14-8-6-10/h5-8,11H,2-4,9H2,1H3,(H,15,16)(H,17,18)/t11-/m0/s1. The molecule has 6 heteroatoms. The highest BCUT2D eigenvalue weighted by Crippen LogP contribution is 2.15. The van der Waals surface area contributed by atoms with Crippen LogP contribution >= 0.6 is 11.8 Å². The van der Waals surface area contributed by atoms with Crippen molar-refractivity contribution in [1.29, 1.82) is 0 Å². The molecule has 0 saturated carbocycles. The quantitative estimate of drug-likeness (QED) is 0.712. The molecule has 5 nitrogen and oxygen atoms in total. The zero-order chi connectivity index (χ0) is 14.1. The van der Waals surface area contributed by atoms with Gasteiger partial charge in [-0.3, -0.25) is 9.78 Å². The number of nitrogens with one attached hydrogen (secondary N) is 1. The predicted octanol–water partition coefficient (Wildman–Crippen LogP) is 1.93. The largest absolute Gasteiger partial charge is 0.480 e. The Balaban J connectivity index is 2.38.